The number of allylic oxidation sites excluding steroid dienone is 16. The smallest absolute Gasteiger partial charge is 0.0276 e. The second-order valence-electron chi connectivity index (χ2n) is 7.18. The molecule has 0 aromatic heterocycles. The minimum atomic E-state index is 1.08. The topological polar surface area (TPSA) is 0 Å². The van der Waals surface area contributed by atoms with Crippen LogP contribution in [-0.2, 0) is 0 Å². The summed E-state index contributed by atoms with van der Waals surface area (Å²) in [5, 5.41) is 0. The zero-order valence-corrected chi connectivity index (χ0v) is 17.6. The van der Waals surface area contributed by atoms with Crippen LogP contribution in [0.1, 0.15) is 77.0 Å². The van der Waals surface area contributed by atoms with Crippen LogP contribution in [0.5, 0.6) is 0 Å². The van der Waals surface area contributed by atoms with Crippen molar-refractivity contribution < 1.29 is 0 Å². The van der Waals surface area contributed by atoms with Crippen molar-refractivity contribution in [1.82, 2.24) is 0 Å². The third-order valence-corrected chi connectivity index (χ3v) is 4.63. The minimum Gasteiger partial charge on any atom is -0.0845 e. The van der Waals surface area contributed by atoms with Crippen LogP contribution < -0.4 is 0 Å². The van der Waals surface area contributed by atoms with Gasteiger partial charge in [0.1, 0.15) is 0 Å². The Balaban J connectivity index is 2.36. The maximum absolute atomic E-state index is 3.36. The molecule has 0 aliphatic heterocycles. The van der Waals surface area contributed by atoms with Crippen molar-refractivity contribution in [3.05, 3.63) is 97.2 Å². The van der Waals surface area contributed by atoms with E-state index in [0.717, 1.165) is 6.42 Å². The lowest BCUT2D eigenvalue weighted by Crippen LogP contribution is -1.82. The fourth-order valence-corrected chi connectivity index (χ4v) is 2.99. The lowest BCUT2D eigenvalue weighted by atomic mass is 10.0. The van der Waals surface area contributed by atoms with Crippen molar-refractivity contribution in [3.8, 4) is 0 Å². The summed E-state index contributed by atoms with van der Waals surface area (Å²) in [5.41, 5.74) is 0. The largest absolute Gasteiger partial charge is 0.0845 e. The molecule has 1 aliphatic rings. The SMILES string of the molecule is [C]1=C/C=C\C=C/C=C\C=C\C=C\C=C\C=C/CCCCCCCCCCCC/1. The molecule has 151 valence electrons. The lowest BCUT2D eigenvalue weighted by molar-refractivity contribution is 0.553. The fourth-order valence-electron chi connectivity index (χ4n) is 2.99. The second-order valence-corrected chi connectivity index (χ2v) is 7.18. The number of rotatable bonds is 0. The molecule has 28 heavy (non-hydrogen) atoms. The van der Waals surface area contributed by atoms with Gasteiger partial charge in [0, 0.05) is 0 Å². The predicted molar refractivity (Wildman–Crippen MR) is 127 cm³/mol. The van der Waals surface area contributed by atoms with Crippen LogP contribution in [0.15, 0.2) is 91.1 Å². The summed E-state index contributed by atoms with van der Waals surface area (Å²) in [7, 11) is 0. The summed E-state index contributed by atoms with van der Waals surface area (Å²) < 4.78 is 0. The Labute approximate surface area is 174 Å². The van der Waals surface area contributed by atoms with Crippen LogP contribution >= 0.6 is 0 Å². The van der Waals surface area contributed by atoms with E-state index in [1.165, 1.54) is 70.6 Å². The molecule has 1 radical (unpaired) electrons. The van der Waals surface area contributed by atoms with E-state index in [2.05, 4.69) is 42.5 Å². The van der Waals surface area contributed by atoms with Crippen molar-refractivity contribution in [3.63, 3.8) is 0 Å². The second kappa shape index (κ2) is 21.2. The highest BCUT2D eigenvalue weighted by molar-refractivity contribution is 5.21. The molecule has 0 saturated carbocycles. The number of hydrogen-bond acceptors (Lipinski definition) is 0. The fraction of sp³-hybridized carbons (Fsp3) is 0.429. The molecule has 0 bridgehead atoms. The van der Waals surface area contributed by atoms with Gasteiger partial charge in [-0.2, -0.15) is 0 Å². The first-order chi connectivity index (χ1) is 14.0. The maximum atomic E-state index is 3.36. The third-order valence-electron chi connectivity index (χ3n) is 4.63. The van der Waals surface area contributed by atoms with Gasteiger partial charge in [0.25, 0.3) is 0 Å². The van der Waals surface area contributed by atoms with Crippen LogP contribution in [0.4, 0.5) is 0 Å². The van der Waals surface area contributed by atoms with Crippen LogP contribution in [0, 0.1) is 6.08 Å². The zero-order chi connectivity index (χ0) is 19.8. The van der Waals surface area contributed by atoms with Crippen molar-refractivity contribution >= 4 is 0 Å². The van der Waals surface area contributed by atoms with Crippen molar-refractivity contribution in [1.29, 1.82) is 0 Å². The molecule has 0 atom stereocenters. The van der Waals surface area contributed by atoms with Gasteiger partial charge >= 0.3 is 0 Å². The Bertz CT molecular complexity index is 509. The first-order valence-electron chi connectivity index (χ1n) is 11.2. The van der Waals surface area contributed by atoms with E-state index in [0.29, 0.717) is 0 Å². The molecule has 0 unspecified atom stereocenters. The highest BCUT2D eigenvalue weighted by Gasteiger charge is 1.92. The van der Waals surface area contributed by atoms with Gasteiger partial charge in [-0.25, -0.2) is 0 Å². The van der Waals surface area contributed by atoms with Crippen LogP contribution in [0.2, 0.25) is 0 Å². The summed E-state index contributed by atoms with van der Waals surface area (Å²) in [6, 6.07) is 0. The average Bonchev–Trinajstić information content (AvgIpc) is 2.71. The maximum Gasteiger partial charge on any atom is -0.0276 e. The Kier molecular flexibility index (Phi) is 18.2. The van der Waals surface area contributed by atoms with E-state index in [1.807, 2.05) is 54.7 Å². The third kappa shape index (κ3) is 18.7. The Morgan fingerprint density at radius 1 is 0.357 bits per heavy atom. The zero-order valence-electron chi connectivity index (χ0n) is 17.6. The normalized spacial score (nSPS) is 28.6. The van der Waals surface area contributed by atoms with Crippen molar-refractivity contribution in [2.45, 2.75) is 77.0 Å². The average molecular weight is 376 g/mol. The van der Waals surface area contributed by atoms with Gasteiger partial charge in [0.2, 0.25) is 0 Å². The summed E-state index contributed by atoms with van der Waals surface area (Å²) in [6.45, 7) is 0. The summed E-state index contributed by atoms with van der Waals surface area (Å²) in [4.78, 5) is 0. The Hall–Kier alpha value is -2.08. The van der Waals surface area contributed by atoms with Gasteiger partial charge < -0.3 is 0 Å². The van der Waals surface area contributed by atoms with E-state index in [9.17, 15) is 0 Å². The van der Waals surface area contributed by atoms with Crippen LogP contribution in [-0.4, -0.2) is 0 Å². The van der Waals surface area contributed by atoms with E-state index < -0.39 is 0 Å². The van der Waals surface area contributed by atoms with Crippen LogP contribution in [0.3, 0.4) is 0 Å². The Morgan fingerprint density at radius 3 is 1.29 bits per heavy atom. The molecule has 0 nitrogen and oxygen atoms in total. The Morgan fingerprint density at radius 2 is 0.750 bits per heavy atom. The van der Waals surface area contributed by atoms with Gasteiger partial charge in [-0.1, -0.05) is 143 Å². The van der Waals surface area contributed by atoms with E-state index in [-0.39, 0.29) is 0 Å². The molecule has 1 aliphatic carbocycles. The summed E-state index contributed by atoms with van der Waals surface area (Å²) in [5.74, 6) is 0. The van der Waals surface area contributed by atoms with Gasteiger partial charge in [-0.05, 0) is 31.8 Å². The predicted octanol–water partition coefficient (Wildman–Crippen LogP) is 8.93. The van der Waals surface area contributed by atoms with E-state index in [4.69, 9.17) is 0 Å². The molecule has 1 rings (SSSR count). The molecule has 0 aromatic carbocycles. The van der Waals surface area contributed by atoms with Gasteiger partial charge in [-0.15, -0.1) is 0 Å². The van der Waals surface area contributed by atoms with Crippen molar-refractivity contribution in [2.24, 2.45) is 0 Å². The van der Waals surface area contributed by atoms with Gasteiger partial charge in [0.05, 0.1) is 0 Å². The quantitative estimate of drug-likeness (QED) is 0.396. The molecule has 0 heteroatoms. The minimum absolute atomic E-state index is 1.08. The van der Waals surface area contributed by atoms with E-state index >= 15 is 0 Å². The first kappa shape index (κ1) is 24.0. The molecule has 0 heterocycles. The lowest BCUT2D eigenvalue weighted by Gasteiger charge is -2.01. The standard InChI is InChI=1S/C28H39/c1-2-4-6-8-10-12-14-16-18-20-22-24-26-28-27-25-23-21-19-17-15-13-11-9-7-5-3-1/h1-15H,16,18-28H2/b2-1+,5-3-,6-4+,9-7-,10-8+,13-11-,14-12-,17-15?. The highest BCUT2D eigenvalue weighted by atomic mass is 14.0. The van der Waals surface area contributed by atoms with Crippen molar-refractivity contribution in [2.75, 3.05) is 0 Å². The molecule has 0 aromatic rings. The molecule has 0 amide bonds. The molecular formula is C28H39. The molecule has 0 saturated heterocycles. The monoisotopic (exact) mass is 375 g/mol. The van der Waals surface area contributed by atoms with Gasteiger partial charge in [-0.3, -0.25) is 0 Å². The molecular weight excluding hydrogens is 336 g/mol. The number of hydrogen-bond donors (Lipinski definition) is 0. The molecule has 0 fully saturated rings. The molecule has 0 spiro atoms. The first-order valence-corrected chi connectivity index (χ1v) is 11.2. The van der Waals surface area contributed by atoms with E-state index in [1.54, 1.807) is 0 Å². The highest BCUT2D eigenvalue weighted by Crippen LogP contribution is 2.12. The molecule has 0 N–H and O–H groups in total. The van der Waals surface area contributed by atoms with Crippen LogP contribution in [0.25, 0.3) is 0 Å². The summed E-state index contributed by atoms with van der Waals surface area (Å²) >= 11 is 0. The summed E-state index contributed by atoms with van der Waals surface area (Å²) in [6.07, 6.45) is 50.5. The van der Waals surface area contributed by atoms with Gasteiger partial charge in [0.15, 0.2) is 0 Å².